The zero-order chi connectivity index (χ0) is 11.8. The molecular weight excluding hydrogens is 276 g/mol. The van der Waals surface area contributed by atoms with Crippen molar-refractivity contribution >= 4 is 21.7 Å². The summed E-state index contributed by atoms with van der Waals surface area (Å²) in [6.07, 6.45) is 7.44. The molecule has 0 saturated heterocycles. The van der Waals surface area contributed by atoms with Crippen LogP contribution in [-0.4, -0.2) is 5.78 Å². The Hall–Kier alpha value is -0.630. The highest BCUT2D eigenvalue weighted by Crippen LogP contribution is 2.40. The first kappa shape index (κ1) is 11.5. The van der Waals surface area contributed by atoms with Crippen LogP contribution in [0.4, 0.5) is 0 Å². The van der Waals surface area contributed by atoms with E-state index >= 15 is 0 Å². The summed E-state index contributed by atoms with van der Waals surface area (Å²) < 4.78 is 1.11. The lowest BCUT2D eigenvalue weighted by atomic mass is 9.78. The molecule has 0 N–H and O–H groups in total. The van der Waals surface area contributed by atoms with E-state index in [1.807, 2.05) is 12.1 Å². The molecule has 0 aromatic heterocycles. The third-order valence-corrected chi connectivity index (χ3v) is 5.11. The number of rotatable bonds is 1. The Labute approximate surface area is 111 Å². The molecule has 1 aromatic rings. The van der Waals surface area contributed by atoms with Crippen molar-refractivity contribution in [1.29, 1.82) is 0 Å². The van der Waals surface area contributed by atoms with E-state index in [9.17, 15) is 4.79 Å². The maximum absolute atomic E-state index is 12.4. The summed E-state index contributed by atoms with van der Waals surface area (Å²) in [6, 6.07) is 6.02. The third kappa shape index (κ3) is 1.97. The summed E-state index contributed by atoms with van der Waals surface area (Å²) in [5, 5.41) is 0. The van der Waals surface area contributed by atoms with E-state index in [4.69, 9.17) is 0 Å². The Morgan fingerprint density at radius 1 is 1.12 bits per heavy atom. The van der Waals surface area contributed by atoms with E-state index in [1.165, 1.54) is 37.7 Å². The minimum Gasteiger partial charge on any atom is -0.294 e. The van der Waals surface area contributed by atoms with Gasteiger partial charge in [0.25, 0.3) is 0 Å². The lowest BCUT2D eigenvalue weighted by molar-refractivity contribution is 0.0869. The molecule has 0 radical (unpaired) electrons. The van der Waals surface area contributed by atoms with Gasteiger partial charge in [-0.15, -0.1) is 0 Å². The number of fused-ring (bicyclic) bond motifs is 1. The summed E-state index contributed by atoms with van der Waals surface area (Å²) in [5.41, 5.74) is 2.21. The van der Waals surface area contributed by atoms with Gasteiger partial charge in [0.05, 0.1) is 0 Å². The van der Waals surface area contributed by atoms with Gasteiger partial charge in [0, 0.05) is 16.0 Å². The summed E-state index contributed by atoms with van der Waals surface area (Å²) in [5.74, 6) is 1.30. The maximum atomic E-state index is 12.4. The molecule has 1 aromatic carbocycles. The van der Waals surface area contributed by atoms with Crippen molar-refractivity contribution < 1.29 is 4.79 Å². The normalized spacial score (nSPS) is 25.0. The van der Waals surface area contributed by atoms with E-state index in [-0.39, 0.29) is 5.92 Å². The average molecular weight is 293 g/mol. The predicted molar refractivity (Wildman–Crippen MR) is 72.2 cm³/mol. The Morgan fingerprint density at radius 3 is 2.59 bits per heavy atom. The van der Waals surface area contributed by atoms with Crippen molar-refractivity contribution in [3.63, 3.8) is 0 Å². The van der Waals surface area contributed by atoms with Gasteiger partial charge in [-0.25, -0.2) is 0 Å². The second-order valence-electron chi connectivity index (χ2n) is 5.34. The third-order valence-electron chi connectivity index (χ3n) is 4.36. The molecule has 1 saturated carbocycles. The Balaban J connectivity index is 1.88. The van der Waals surface area contributed by atoms with Gasteiger partial charge in [-0.3, -0.25) is 4.79 Å². The number of halogens is 1. The molecule has 2 aliphatic carbocycles. The van der Waals surface area contributed by atoms with E-state index in [0.717, 1.165) is 16.5 Å². The molecule has 90 valence electrons. The predicted octanol–water partition coefficient (Wildman–Crippen LogP) is 4.38. The molecule has 2 heteroatoms. The molecular formula is C15H17BrO. The second-order valence-corrected chi connectivity index (χ2v) is 6.19. The number of benzene rings is 1. The molecule has 0 bridgehead atoms. The Kier molecular flexibility index (Phi) is 3.08. The van der Waals surface area contributed by atoms with Gasteiger partial charge in [0.1, 0.15) is 0 Å². The number of carbonyl (C=O) groups is 1. The zero-order valence-electron chi connectivity index (χ0n) is 9.92. The van der Waals surface area contributed by atoms with Gasteiger partial charge >= 0.3 is 0 Å². The molecule has 1 unspecified atom stereocenters. The van der Waals surface area contributed by atoms with Crippen molar-refractivity contribution in [2.75, 3.05) is 0 Å². The second kappa shape index (κ2) is 4.56. The summed E-state index contributed by atoms with van der Waals surface area (Å²) in [7, 11) is 0. The van der Waals surface area contributed by atoms with Crippen LogP contribution in [0.5, 0.6) is 0 Å². The van der Waals surface area contributed by atoms with Crippen LogP contribution in [0.15, 0.2) is 22.7 Å². The van der Waals surface area contributed by atoms with Crippen LogP contribution in [0.1, 0.15) is 48.0 Å². The van der Waals surface area contributed by atoms with E-state index in [1.54, 1.807) is 0 Å². The molecule has 1 nitrogen and oxygen atoms in total. The average Bonchev–Trinajstić information content (AvgIpc) is 2.70. The number of ketones is 1. The molecule has 0 amide bonds. The van der Waals surface area contributed by atoms with Crippen molar-refractivity contribution in [2.24, 2.45) is 11.8 Å². The highest BCUT2D eigenvalue weighted by molar-refractivity contribution is 9.10. The van der Waals surface area contributed by atoms with Gasteiger partial charge < -0.3 is 0 Å². The van der Waals surface area contributed by atoms with Crippen LogP contribution < -0.4 is 0 Å². The monoisotopic (exact) mass is 292 g/mol. The minimum atomic E-state index is 0.268. The van der Waals surface area contributed by atoms with Gasteiger partial charge in [-0.1, -0.05) is 47.3 Å². The first-order valence-corrected chi connectivity index (χ1v) is 7.38. The summed E-state index contributed by atoms with van der Waals surface area (Å²) in [4.78, 5) is 12.4. The first-order chi connectivity index (χ1) is 8.27. The lowest BCUT2D eigenvalue weighted by Crippen LogP contribution is -2.22. The molecule has 3 rings (SSSR count). The zero-order valence-corrected chi connectivity index (χ0v) is 11.5. The van der Waals surface area contributed by atoms with Crippen LogP contribution in [-0.2, 0) is 6.42 Å². The largest absolute Gasteiger partial charge is 0.294 e. The van der Waals surface area contributed by atoms with E-state index in [0.29, 0.717) is 11.7 Å². The fourth-order valence-electron chi connectivity index (χ4n) is 3.43. The van der Waals surface area contributed by atoms with Crippen molar-refractivity contribution in [2.45, 2.75) is 38.5 Å². The molecule has 0 spiro atoms. The smallest absolute Gasteiger partial charge is 0.166 e. The standard InChI is InChI=1S/C15H17BrO/c16-14-8-4-7-11-13(14)9-12(15(11)17)10-5-2-1-3-6-10/h4,7-8,10,12H,1-3,5-6,9H2. The lowest BCUT2D eigenvalue weighted by Gasteiger charge is -2.26. The SMILES string of the molecule is O=C1c2cccc(Br)c2CC1C1CCCCC1. The first-order valence-electron chi connectivity index (χ1n) is 6.59. The molecule has 1 fully saturated rings. The van der Waals surface area contributed by atoms with E-state index in [2.05, 4.69) is 22.0 Å². The van der Waals surface area contributed by atoms with Crippen molar-refractivity contribution in [3.05, 3.63) is 33.8 Å². The molecule has 0 heterocycles. The molecule has 2 aliphatic rings. The molecule has 0 aliphatic heterocycles. The van der Waals surface area contributed by atoms with Gasteiger partial charge in [0.15, 0.2) is 5.78 Å². The van der Waals surface area contributed by atoms with Crippen LogP contribution in [0.3, 0.4) is 0 Å². The topological polar surface area (TPSA) is 17.1 Å². The van der Waals surface area contributed by atoms with Crippen LogP contribution >= 0.6 is 15.9 Å². The van der Waals surface area contributed by atoms with Gasteiger partial charge in [-0.05, 0) is 36.8 Å². The molecule has 17 heavy (non-hydrogen) atoms. The van der Waals surface area contributed by atoms with Crippen LogP contribution in [0.25, 0.3) is 0 Å². The maximum Gasteiger partial charge on any atom is 0.166 e. The number of hydrogen-bond donors (Lipinski definition) is 0. The van der Waals surface area contributed by atoms with Gasteiger partial charge in [0.2, 0.25) is 0 Å². The fraction of sp³-hybridized carbons (Fsp3) is 0.533. The summed E-state index contributed by atoms with van der Waals surface area (Å²) >= 11 is 3.57. The quantitative estimate of drug-likeness (QED) is 0.750. The Morgan fingerprint density at radius 2 is 1.88 bits per heavy atom. The van der Waals surface area contributed by atoms with Crippen LogP contribution in [0.2, 0.25) is 0 Å². The van der Waals surface area contributed by atoms with Crippen molar-refractivity contribution in [1.82, 2.24) is 0 Å². The highest BCUT2D eigenvalue weighted by Gasteiger charge is 2.37. The van der Waals surface area contributed by atoms with Crippen molar-refractivity contribution in [3.8, 4) is 0 Å². The molecule has 1 atom stereocenters. The van der Waals surface area contributed by atoms with Gasteiger partial charge in [-0.2, -0.15) is 0 Å². The fourth-order valence-corrected chi connectivity index (χ4v) is 3.95. The number of hydrogen-bond acceptors (Lipinski definition) is 1. The van der Waals surface area contributed by atoms with E-state index < -0.39 is 0 Å². The van der Waals surface area contributed by atoms with Crippen LogP contribution in [0, 0.1) is 11.8 Å². The Bertz CT molecular complexity index is 446. The summed E-state index contributed by atoms with van der Waals surface area (Å²) in [6.45, 7) is 0. The minimum absolute atomic E-state index is 0.268. The highest BCUT2D eigenvalue weighted by atomic mass is 79.9. The number of carbonyl (C=O) groups excluding carboxylic acids is 1. The number of Topliss-reactive ketones (excluding diaryl/α,β-unsaturated/α-hetero) is 1.